The van der Waals surface area contributed by atoms with E-state index in [9.17, 15) is 0 Å². The Labute approximate surface area is 388 Å². The van der Waals surface area contributed by atoms with Crippen LogP contribution in [0.4, 0.5) is 0 Å². The summed E-state index contributed by atoms with van der Waals surface area (Å²) in [7, 11) is 2.00. The van der Waals surface area contributed by atoms with Crippen molar-refractivity contribution in [2.75, 3.05) is 59.8 Å². The molecule has 3 fully saturated rings. The van der Waals surface area contributed by atoms with Crippen LogP contribution in [0.1, 0.15) is 229 Å². The fraction of sp³-hybridized carbons (Fsp3) is 0.930. The number of fused-ring (bicyclic) bond motifs is 5. The van der Waals surface area contributed by atoms with Crippen LogP contribution in [0.25, 0.3) is 0 Å². The maximum absolute atomic E-state index is 6.39. The van der Waals surface area contributed by atoms with Crippen LogP contribution in [-0.2, 0) is 18.9 Å². The number of hydrogen-bond donors (Lipinski definition) is 1. The van der Waals surface area contributed by atoms with Crippen LogP contribution in [-0.4, -0.2) is 65.9 Å². The summed E-state index contributed by atoms with van der Waals surface area (Å²) in [5.74, 6) is 5.40. The fourth-order valence-corrected chi connectivity index (χ4v) is 12.1. The third-order valence-electron chi connectivity index (χ3n) is 15.9. The zero-order valence-electron chi connectivity index (χ0n) is 43.4. The van der Waals surface area contributed by atoms with Crippen LogP contribution in [0, 0.1) is 46.3 Å². The zero-order valence-corrected chi connectivity index (χ0v) is 43.4. The van der Waals surface area contributed by atoms with E-state index in [1.807, 2.05) is 7.05 Å². The van der Waals surface area contributed by atoms with Crippen molar-refractivity contribution in [2.45, 2.75) is 235 Å². The molecule has 8 atom stereocenters. The first kappa shape index (κ1) is 57.4. The molecule has 4 aliphatic carbocycles. The lowest BCUT2D eigenvalue weighted by molar-refractivity contribution is -0.0691. The molecule has 5 nitrogen and oxygen atoms in total. The minimum Gasteiger partial charge on any atom is -0.379 e. The maximum atomic E-state index is 6.39. The van der Waals surface area contributed by atoms with E-state index in [-0.39, 0.29) is 0 Å². The summed E-state index contributed by atoms with van der Waals surface area (Å²) in [6.45, 7) is 27.6. The van der Waals surface area contributed by atoms with E-state index in [4.69, 9.17) is 18.9 Å². The molecular formula is C57H109NO4. The fourth-order valence-electron chi connectivity index (χ4n) is 12.1. The van der Waals surface area contributed by atoms with Crippen molar-refractivity contribution in [1.29, 1.82) is 0 Å². The second kappa shape index (κ2) is 35.5. The van der Waals surface area contributed by atoms with Crippen LogP contribution in [0.5, 0.6) is 0 Å². The Morgan fingerprint density at radius 2 is 1.27 bits per heavy atom. The highest BCUT2D eigenvalue weighted by molar-refractivity contribution is 5.25. The van der Waals surface area contributed by atoms with Crippen molar-refractivity contribution in [3.8, 4) is 0 Å². The first-order chi connectivity index (χ1) is 30.1. The van der Waals surface area contributed by atoms with Crippen molar-refractivity contribution < 1.29 is 18.9 Å². The van der Waals surface area contributed by atoms with Gasteiger partial charge in [-0.15, -0.1) is 0 Å². The molecule has 3 saturated carbocycles. The summed E-state index contributed by atoms with van der Waals surface area (Å²) in [4.78, 5) is 0. The molecule has 62 heavy (non-hydrogen) atoms. The smallest absolute Gasteiger partial charge is 0.0704 e. The van der Waals surface area contributed by atoms with E-state index >= 15 is 0 Å². The first-order valence-electron chi connectivity index (χ1n) is 27.5. The molecule has 4 rings (SSSR count). The second-order valence-electron chi connectivity index (χ2n) is 21.2. The monoisotopic (exact) mass is 872 g/mol. The Kier molecular flexibility index (Phi) is 32.8. The summed E-state index contributed by atoms with van der Waals surface area (Å²) < 4.78 is 23.7. The number of rotatable bonds is 32. The molecule has 0 aromatic carbocycles. The van der Waals surface area contributed by atoms with E-state index < -0.39 is 0 Å². The van der Waals surface area contributed by atoms with Gasteiger partial charge in [-0.3, -0.25) is 0 Å². The highest BCUT2D eigenvalue weighted by Crippen LogP contribution is 2.67. The molecule has 3 unspecified atom stereocenters. The molecule has 366 valence electrons. The number of ether oxygens (including phenoxy) is 4. The molecule has 0 amide bonds. The topological polar surface area (TPSA) is 49.0 Å². The molecule has 0 heterocycles. The molecule has 5 heteroatoms. The Balaban J connectivity index is 0.000000882. The Morgan fingerprint density at radius 1 is 0.645 bits per heavy atom. The van der Waals surface area contributed by atoms with Crippen molar-refractivity contribution in [1.82, 2.24) is 5.32 Å². The lowest BCUT2D eigenvalue weighted by Crippen LogP contribution is -2.51. The second-order valence-corrected chi connectivity index (χ2v) is 21.2. The van der Waals surface area contributed by atoms with Crippen LogP contribution in [0.3, 0.4) is 0 Å². The number of allylic oxidation sites excluding steroid dienone is 3. The minimum absolute atomic E-state index is 0.359. The lowest BCUT2D eigenvalue weighted by Gasteiger charge is -2.58. The highest BCUT2D eigenvalue weighted by Gasteiger charge is 2.59. The van der Waals surface area contributed by atoms with Crippen molar-refractivity contribution in [2.24, 2.45) is 46.3 Å². The number of unbranched alkanes of at least 4 members (excludes halogenated alkanes) is 11. The minimum atomic E-state index is 0.359. The Bertz CT molecular complexity index is 1100. The predicted octanol–water partition coefficient (Wildman–Crippen LogP) is 16.1. The molecular weight excluding hydrogens is 763 g/mol. The quantitative estimate of drug-likeness (QED) is 0.0539. The first-order valence-corrected chi connectivity index (χ1v) is 27.5. The van der Waals surface area contributed by atoms with Gasteiger partial charge in [0.1, 0.15) is 0 Å². The molecule has 0 saturated heterocycles. The third-order valence-corrected chi connectivity index (χ3v) is 15.9. The van der Waals surface area contributed by atoms with Gasteiger partial charge in [0.25, 0.3) is 0 Å². The normalized spacial score (nSPS) is 27.1. The van der Waals surface area contributed by atoms with Crippen LogP contribution >= 0.6 is 0 Å². The van der Waals surface area contributed by atoms with E-state index in [1.54, 1.807) is 5.57 Å². The molecule has 0 bridgehead atoms. The van der Waals surface area contributed by atoms with Crippen molar-refractivity contribution in [3.63, 3.8) is 0 Å². The zero-order chi connectivity index (χ0) is 45.3. The molecule has 0 aromatic heterocycles. The van der Waals surface area contributed by atoms with Crippen LogP contribution < -0.4 is 5.32 Å². The van der Waals surface area contributed by atoms with Crippen molar-refractivity contribution in [3.05, 3.63) is 23.8 Å². The summed E-state index contributed by atoms with van der Waals surface area (Å²) in [5, 5.41) is 3.10. The van der Waals surface area contributed by atoms with E-state index in [1.165, 1.54) is 154 Å². The number of nitrogens with one attached hydrogen (secondary N) is 1. The third kappa shape index (κ3) is 21.7. The largest absolute Gasteiger partial charge is 0.379 e. The van der Waals surface area contributed by atoms with Gasteiger partial charge in [-0.05, 0) is 143 Å². The van der Waals surface area contributed by atoms with E-state index in [0.29, 0.717) is 56.6 Å². The average molecular weight is 873 g/mol. The molecule has 0 spiro atoms. The molecule has 0 aliphatic heterocycles. The van der Waals surface area contributed by atoms with Gasteiger partial charge in [0.2, 0.25) is 0 Å². The van der Waals surface area contributed by atoms with Gasteiger partial charge in [-0.1, -0.05) is 170 Å². The lowest BCUT2D eigenvalue weighted by atomic mass is 9.47. The summed E-state index contributed by atoms with van der Waals surface area (Å²) in [6.07, 6.45) is 42.5. The van der Waals surface area contributed by atoms with E-state index in [2.05, 4.69) is 85.9 Å². The summed E-state index contributed by atoms with van der Waals surface area (Å²) >= 11 is 0. The van der Waals surface area contributed by atoms with Gasteiger partial charge in [-0.25, -0.2) is 0 Å². The van der Waals surface area contributed by atoms with Gasteiger partial charge in [0.15, 0.2) is 0 Å². The number of hydrogen-bond acceptors (Lipinski definition) is 5. The average Bonchev–Trinajstić information content (AvgIpc) is 3.63. The molecule has 1 N–H and O–H groups in total. The van der Waals surface area contributed by atoms with Gasteiger partial charge < -0.3 is 24.3 Å². The van der Waals surface area contributed by atoms with Crippen LogP contribution in [0.2, 0.25) is 0 Å². The molecule has 0 aromatic rings. The SMILES string of the molecule is CC/C=C\CCCCCCCCOCCOCCOCCO[C@H]1CC[C@@]2(C)C(=CCC3C2CC[C@@]2(C)C3CC[C@@H]2[C@H](C)CCCC(C)C)C1.CCCCCC.CCCCCNC. The van der Waals surface area contributed by atoms with E-state index in [0.717, 1.165) is 61.4 Å². The Hall–Kier alpha value is -0.720. The summed E-state index contributed by atoms with van der Waals surface area (Å²) in [5.41, 5.74) is 2.70. The Morgan fingerprint density at radius 3 is 1.92 bits per heavy atom. The maximum Gasteiger partial charge on any atom is 0.0704 e. The van der Waals surface area contributed by atoms with Gasteiger partial charge >= 0.3 is 0 Å². The van der Waals surface area contributed by atoms with Gasteiger partial charge in [0, 0.05) is 6.61 Å². The highest BCUT2D eigenvalue weighted by atomic mass is 16.6. The molecule has 4 aliphatic rings. The standard InChI is InChI=1S/C45H80O4.C6H15N.C6H14/c1-7-8-9-10-11-12-13-14-15-16-28-46-29-30-47-31-32-48-33-34-49-39-24-26-44(5)38(35-39)20-21-40-42-23-22-41(37(4)19-17-18-36(2)3)45(42,6)27-25-43(40)44;1-3-4-5-6-7-2;1-3-5-6-4-2/h8-9,20,36-37,39-43H,7,10-19,21-35H2,1-6H3;7H,3-6H2,1-2H3;3-6H2,1-2H3/b9-8-;;/t37-,39+,40?,41-,42?,43?,44+,45-;;/m1../s1. The summed E-state index contributed by atoms with van der Waals surface area (Å²) in [6, 6.07) is 0. The van der Waals surface area contributed by atoms with Gasteiger partial charge in [-0.2, -0.15) is 0 Å². The molecule has 0 radical (unpaired) electrons. The predicted molar refractivity (Wildman–Crippen MR) is 270 cm³/mol. The van der Waals surface area contributed by atoms with Crippen molar-refractivity contribution >= 4 is 0 Å². The van der Waals surface area contributed by atoms with Gasteiger partial charge in [0.05, 0.1) is 45.7 Å². The van der Waals surface area contributed by atoms with Crippen LogP contribution in [0.15, 0.2) is 23.8 Å².